The fourth-order valence-electron chi connectivity index (χ4n) is 3.68. The molecule has 0 fully saturated rings. The van der Waals surface area contributed by atoms with E-state index in [9.17, 15) is 14.0 Å². The van der Waals surface area contributed by atoms with Gasteiger partial charge in [-0.15, -0.1) is 0 Å². The van der Waals surface area contributed by atoms with Crippen LogP contribution >= 0.6 is 0 Å². The summed E-state index contributed by atoms with van der Waals surface area (Å²) in [7, 11) is 3.03. The molecule has 3 aromatic carbocycles. The molecule has 1 aliphatic rings. The van der Waals surface area contributed by atoms with Crippen molar-refractivity contribution < 1.29 is 28.2 Å². The highest BCUT2D eigenvalue weighted by molar-refractivity contribution is 6.46. The molecule has 174 valence electrons. The molecular weight excluding hydrogens is 439 g/mol. The molecule has 0 saturated heterocycles. The molecule has 0 atom stereocenters. The molecule has 7 nitrogen and oxygen atoms in total. The lowest BCUT2D eigenvalue weighted by Gasteiger charge is -2.15. The van der Waals surface area contributed by atoms with Crippen molar-refractivity contribution in [2.24, 2.45) is 0 Å². The number of carbonyl (C=O) groups excluding carboxylic acids is 2. The number of carbonyl (C=O) groups is 2. The van der Waals surface area contributed by atoms with Gasteiger partial charge in [0.2, 0.25) is 0 Å². The van der Waals surface area contributed by atoms with E-state index in [0.29, 0.717) is 35.1 Å². The summed E-state index contributed by atoms with van der Waals surface area (Å²) in [5.41, 5.74) is 1.61. The molecule has 0 bridgehead atoms. The average Bonchev–Trinajstić information content (AvgIpc) is 3.09. The van der Waals surface area contributed by atoms with Gasteiger partial charge in [-0.1, -0.05) is 12.1 Å². The SMILES string of the molecule is CCOc1ccc(C2=C(Nc3ccc(OC)c(OC)c3)C(=O)N(c3ccc(F)cc3)C2=O)cc1. The summed E-state index contributed by atoms with van der Waals surface area (Å²) >= 11 is 0. The Bertz CT molecular complexity index is 1250. The third-order valence-corrected chi connectivity index (χ3v) is 5.28. The standard InChI is InChI=1S/C26H23FN2O5/c1-4-34-20-12-5-16(6-13-20)23-24(28-18-9-14-21(32-2)22(15-18)33-3)26(31)29(25(23)30)19-10-7-17(27)8-11-19/h5-15,28H,4H2,1-3H3. The lowest BCUT2D eigenvalue weighted by Crippen LogP contribution is -2.32. The summed E-state index contributed by atoms with van der Waals surface area (Å²) in [6.07, 6.45) is 0. The van der Waals surface area contributed by atoms with Crippen molar-refractivity contribution in [2.45, 2.75) is 6.92 Å². The minimum atomic E-state index is -0.560. The summed E-state index contributed by atoms with van der Waals surface area (Å²) < 4.78 is 29.6. The molecule has 4 rings (SSSR count). The fraction of sp³-hybridized carbons (Fsp3) is 0.154. The predicted octanol–water partition coefficient (Wildman–Crippen LogP) is 4.64. The van der Waals surface area contributed by atoms with Crippen molar-refractivity contribution in [1.82, 2.24) is 0 Å². The van der Waals surface area contributed by atoms with Crippen LogP contribution in [0.25, 0.3) is 5.57 Å². The Morgan fingerprint density at radius 3 is 2.15 bits per heavy atom. The predicted molar refractivity (Wildman–Crippen MR) is 127 cm³/mol. The van der Waals surface area contributed by atoms with E-state index in [1.165, 1.54) is 38.5 Å². The molecule has 8 heteroatoms. The Balaban J connectivity index is 1.79. The molecule has 0 aromatic heterocycles. The van der Waals surface area contributed by atoms with E-state index in [1.807, 2.05) is 6.92 Å². The van der Waals surface area contributed by atoms with E-state index in [4.69, 9.17) is 14.2 Å². The third-order valence-electron chi connectivity index (χ3n) is 5.28. The average molecular weight is 462 g/mol. The number of benzene rings is 3. The summed E-state index contributed by atoms with van der Waals surface area (Å²) in [6, 6.07) is 17.2. The van der Waals surface area contributed by atoms with Crippen LogP contribution in [-0.2, 0) is 9.59 Å². The molecule has 34 heavy (non-hydrogen) atoms. The fourth-order valence-corrected chi connectivity index (χ4v) is 3.68. The van der Waals surface area contributed by atoms with Crippen LogP contribution in [0.3, 0.4) is 0 Å². The van der Waals surface area contributed by atoms with E-state index in [-0.39, 0.29) is 17.0 Å². The van der Waals surface area contributed by atoms with Gasteiger partial charge in [-0.05, 0) is 61.0 Å². The molecule has 2 amide bonds. The van der Waals surface area contributed by atoms with Crippen molar-refractivity contribution in [3.8, 4) is 17.2 Å². The maximum Gasteiger partial charge on any atom is 0.282 e. The number of methoxy groups -OCH3 is 2. The number of anilines is 2. The van der Waals surface area contributed by atoms with Gasteiger partial charge in [-0.2, -0.15) is 0 Å². The summed E-state index contributed by atoms with van der Waals surface area (Å²) in [5.74, 6) is 0.0806. The van der Waals surface area contributed by atoms with Crippen molar-refractivity contribution in [1.29, 1.82) is 0 Å². The molecular formula is C26H23FN2O5. The zero-order valence-electron chi connectivity index (χ0n) is 18.9. The van der Waals surface area contributed by atoms with Gasteiger partial charge < -0.3 is 19.5 Å². The Morgan fingerprint density at radius 1 is 0.853 bits per heavy atom. The van der Waals surface area contributed by atoms with Gasteiger partial charge in [-0.25, -0.2) is 9.29 Å². The van der Waals surface area contributed by atoms with Gasteiger partial charge in [0.15, 0.2) is 11.5 Å². The van der Waals surface area contributed by atoms with Crippen LogP contribution in [0.5, 0.6) is 17.2 Å². The lowest BCUT2D eigenvalue weighted by atomic mass is 10.0. The first kappa shape index (κ1) is 22.8. The molecule has 1 N–H and O–H groups in total. The minimum absolute atomic E-state index is 0.0886. The Morgan fingerprint density at radius 2 is 1.53 bits per heavy atom. The highest BCUT2D eigenvalue weighted by Crippen LogP contribution is 2.36. The van der Waals surface area contributed by atoms with Crippen LogP contribution in [0, 0.1) is 5.82 Å². The number of hydrogen-bond donors (Lipinski definition) is 1. The second-order valence-corrected chi connectivity index (χ2v) is 7.32. The number of amides is 2. The van der Waals surface area contributed by atoms with E-state index in [2.05, 4.69) is 5.32 Å². The van der Waals surface area contributed by atoms with Crippen LogP contribution in [0.15, 0.2) is 72.4 Å². The van der Waals surface area contributed by atoms with E-state index < -0.39 is 17.6 Å². The third kappa shape index (κ3) is 4.30. The summed E-state index contributed by atoms with van der Waals surface area (Å²) in [4.78, 5) is 27.9. The number of nitrogens with one attached hydrogen (secondary N) is 1. The molecule has 0 radical (unpaired) electrons. The number of imide groups is 1. The maximum absolute atomic E-state index is 13.5. The molecule has 1 heterocycles. The van der Waals surface area contributed by atoms with Crippen LogP contribution < -0.4 is 24.4 Å². The van der Waals surface area contributed by atoms with Crippen LogP contribution in [0.1, 0.15) is 12.5 Å². The Labute approximate surface area is 196 Å². The molecule has 0 unspecified atom stereocenters. The number of hydrogen-bond acceptors (Lipinski definition) is 6. The topological polar surface area (TPSA) is 77.1 Å². The highest BCUT2D eigenvalue weighted by atomic mass is 19.1. The zero-order chi connectivity index (χ0) is 24.2. The minimum Gasteiger partial charge on any atom is -0.494 e. The molecule has 0 saturated carbocycles. The largest absolute Gasteiger partial charge is 0.494 e. The highest BCUT2D eigenvalue weighted by Gasteiger charge is 2.40. The lowest BCUT2D eigenvalue weighted by molar-refractivity contribution is -0.120. The maximum atomic E-state index is 13.5. The summed E-state index contributed by atoms with van der Waals surface area (Å²) in [5, 5.41) is 3.07. The monoisotopic (exact) mass is 462 g/mol. The van der Waals surface area contributed by atoms with Crippen LogP contribution in [0.2, 0.25) is 0 Å². The van der Waals surface area contributed by atoms with Crippen LogP contribution in [0.4, 0.5) is 15.8 Å². The van der Waals surface area contributed by atoms with Crippen molar-refractivity contribution in [2.75, 3.05) is 31.0 Å². The van der Waals surface area contributed by atoms with Crippen LogP contribution in [-0.4, -0.2) is 32.6 Å². The normalized spacial score (nSPS) is 13.4. The molecule has 0 aliphatic carbocycles. The molecule has 1 aliphatic heterocycles. The van der Waals surface area contributed by atoms with Crippen molar-refractivity contribution >= 4 is 28.8 Å². The van der Waals surface area contributed by atoms with E-state index >= 15 is 0 Å². The summed E-state index contributed by atoms with van der Waals surface area (Å²) in [6.45, 7) is 2.38. The second kappa shape index (κ2) is 9.66. The van der Waals surface area contributed by atoms with Gasteiger partial charge in [-0.3, -0.25) is 9.59 Å². The Kier molecular flexibility index (Phi) is 6.49. The van der Waals surface area contributed by atoms with E-state index in [1.54, 1.807) is 42.5 Å². The zero-order valence-corrected chi connectivity index (χ0v) is 18.9. The van der Waals surface area contributed by atoms with Crippen molar-refractivity contribution in [3.05, 3.63) is 83.8 Å². The quantitative estimate of drug-likeness (QED) is 0.492. The number of halogens is 1. The number of ether oxygens (including phenoxy) is 3. The molecule has 0 spiro atoms. The second-order valence-electron chi connectivity index (χ2n) is 7.32. The van der Waals surface area contributed by atoms with Gasteiger partial charge in [0, 0.05) is 11.8 Å². The van der Waals surface area contributed by atoms with Gasteiger partial charge in [0.25, 0.3) is 11.8 Å². The first-order valence-corrected chi connectivity index (χ1v) is 10.6. The van der Waals surface area contributed by atoms with Gasteiger partial charge in [0.1, 0.15) is 17.3 Å². The Hall–Kier alpha value is -4.33. The number of rotatable bonds is 8. The van der Waals surface area contributed by atoms with Gasteiger partial charge in [0.05, 0.1) is 32.1 Å². The van der Waals surface area contributed by atoms with E-state index in [0.717, 1.165) is 4.90 Å². The molecule has 3 aromatic rings. The first-order valence-electron chi connectivity index (χ1n) is 10.6. The van der Waals surface area contributed by atoms with Gasteiger partial charge >= 0.3 is 0 Å². The smallest absolute Gasteiger partial charge is 0.282 e. The van der Waals surface area contributed by atoms with Crippen molar-refractivity contribution in [3.63, 3.8) is 0 Å². The first-order chi connectivity index (χ1) is 16.5. The number of nitrogens with zero attached hydrogens (tertiary/aromatic N) is 1.